The minimum Gasteiger partial charge on any atom is -0.461 e. The van der Waals surface area contributed by atoms with Crippen LogP contribution in [0.15, 0.2) is 12.3 Å². The molecule has 0 aromatic carbocycles. The molecular weight excluding hydrogens is 531 g/mol. The number of ether oxygens (including phenoxy) is 1. The van der Waals surface area contributed by atoms with E-state index in [-0.39, 0.29) is 23.0 Å². The standard InChI is InChI=1S/C27H33FN10OS/c1-16(19-5-8-31-35-19)36(2)23-32-24(34-25(33-23)39-15-27-6-3-9-38(27)12-17(28)10-27)37-13-26(14-37)7-4-20-21(26)18(11-29)22(30)40-20/h5,8,16-17H,3-4,6-7,9-10,12-15,30H2,1-2H3,(H,31,35)/t16?,17-,27+/m1/s1. The Morgan fingerprint density at radius 3 is 2.98 bits per heavy atom. The molecule has 3 aromatic heterocycles. The van der Waals surface area contributed by atoms with Gasteiger partial charge < -0.3 is 20.3 Å². The van der Waals surface area contributed by atoms with E-state index in [9.17, 15) is 9.65 Å². The molecule has 3 aliphatic heterocycles. The highest BCUT2D eigenvalue weighted by molar-refractivity contribution is 7.16. The van der Waals surface area contributed by atoms with E-state index in [0.29, 0.717) is 55.1 Å². The number of nitrogens with two attached hydrogens (primary N) is 1. The summed E-state index contributed by atoms with van der Waals surface area (Å²) in [7, 11) is 1.94. The molecule has 3 saturated heterocycles. The molecule has 3 aromatic rings. The first-order valence-corrected chi connectivity index (χ1v) is 14.7. The van der Waals surface area contributed by atoms with E-state index in [4.69, 9.17) is 25.4 Å². The van der Waals surface area contributed by atoms with Crippen molar-refractivity contribution in [3.8, 4) is 12.1 Å². The number of hydrogen-bond donors (Lipinski definition) is 2. The Bertz CT molecular complexity index is 1460. The number of H-pyrrole nitrogens is 1. The smallest absolute Gasteiger partial charge is 0.323 e. The maximum Gasteiger partial charge on any atom is 0.323 e. The van der Waals surface area contributed by atoms with Crippen molar-refractivity contribution in [2.75, 3.05) is 55.4 Å². The van der Waals surface area contributed by atoms with Crippen LogP contribution in [0.2, 0.25) is 0 Å². The van der Waals surface area contributed by atoms with E-state index >= 15 is 0 Å². The molecule has 7 rings (SSSR count). The normalized spacial score (nSPS) is 25.4. The number of nitrogens with zero attached hydrogens (tertiary/aromatic N) is 8. The van der Waals surface area contributed by atoms with Crippen LogP contribution >= 0.6 is 11.3 Å². The van der Waals surface area contributed by atoms with Gasteiger partial charge in [0, 0.05) is 49.6 Å². The summed E-state index contributed by atoms with van der Waals surface area (Å²) < 4.78 is 20.6. The lowest BCUT2D eigenvalue weighted by Gasteiger charge is -2.48. The number of rotatable bonds is 7. The molecule has 1 unspecified atom stereocenters. The van der Waals surface area contributed by atoms with Crippen LogP contribution in [0.1, 0.15) is 60.3 Å². The zero-order valence-electron chi connectivity index (χ0n) is 22.7. The van der Waals surface area contributed by atoms with Crippen LogP contribution in [0.5, 0.6) is 6.01 Å². The van der Waals surface area contributed by atoms with Gasteiger partial charge in [-0.1, -0.05) is 0 Å². The van der Waals surface area contributed by atoms with E-state index < -0.39 is 6.17 Å². The first kappa shape index (κ1) is 25.5. The second-order valence-corrected chi connectivity index (χ2v) is 12.9. The second-order valence-electron chi connectivity index (χ2n) is 11.8. The van der Waals surface area contributed by atoms with Crippen LogP contribution in [-0.2, 0) is 11.8 Å². The molecule has 3 N–H and O–H groups in total. The highest BCUT2D eigenvalue weighted by Gasteiger charge is 2.52. The molecule has 4 aliphatic rings. The van der Waals surface area contributed by atoms with E-state index in [1.54, 1.807) is 17.5 Å². The Kier molecular flexibility index (Phi) is 5.90. The third-order valence-electron chi connectivity index (χ3n) is 9.44. The maximum absolute atomic E-state index is 14.4. The molecule has 0 bridgehead atoms. The van der Waals surface area contributed by atoms with Crippen molar-refractivity contribution in [2.45, 2.75) is 62.2 Å². The first-order valence-electron chi connectivity index (χ1n) is 13.9. The minimum absolute atomic E-state index is 0.0660. The number of nitrogen functional groups attached to an aromatic ring is 1. The van der Waals surface area contributed by atoms with Crippen LogP contribution < -0.4 is 20.3 Å². The lowest BCUT2D eigenvalue weighted by molar-refractivity contribution is 0.107. The molecule has 3 atom stereocenters. The number of aryl methyl sites for hydroxylation is 1. The van der Waals surface area contributed by atoms with Gasteiger partial charge in [0.2, 0.25) is 11.9 Å². The van der Waals surface area contributed by atoms with Crippen molar-refractivity contribution >= 4 is 28.2 Å². The van der Waals surface area contributed by atoms with Crippen molar-refractivity contribution in [1.29, 1.82) is 5.26 Å². The number of nitrogens with one attached hydrogen (secondary N) is 1. The molecule has 11 nitrogen and oxygen atoms in total. The van der Waals surface area contributed by atoms with E-state index in [1.165, 1.54) is 4.88 Å². The fraction of sp³-hybridized carbons (Fsp3) is 0.593. The Labute approximate surface area is 236 Å². The van der Waals surface area contributed by atoms with Gasteiger partial charge in [0.1, 0.15) is 23.8 Å². The lowest BCUT2D eigenvalue weighted by Crippen LogP contribution is -2.59. The van der Waals surface area contributed by atoms with Crippen LogP contribution in [0.4, 0.5) is 21.3 Å². The summed E-state index contributed by atoms with van der Waals surface area (Å²) in [5.74, 6) is 1.03. The van der Waals surface area contributed by atoms with Gasteiger partial charge in [0.25, 0.3) is 0 Å². The largest absolute Gasteiger partial charge is 0.461 e. The summed E-state index contributed by atoms with van der Waals surface area (Å²) >= 11 is 1.54. The molecule has 210 valence electrons. The van der Waals surface area contributed by atoms with Crippen molar-refractivity contribution < 1.29 is 9.13 Å². The summed E-state index contributed by atoms with van der Waals surface area (Å²) in [5.41, 5.74) is 8.45. The summed E-state index contributed by atoms with van der Waals surface area (Å²) in [6.07, 6.45) is 5.27. The zero-order chi connectivity index (χ0) is 27.6. The average molecular weight is 565 g/mol. The summed E-state index contributed by atoms with van der Waals surface area (Å²) in [5, 5.41) is 17.5. The average Bonchev–Trinajstić information content (AvgIpc) is 3.73. The highest BCUT2D eigenvalue weighted by atomic mass is 32.1. The third kappa shape index (κ3) is 3.91. The highest BCUT2D eigenvalue weighted by Crippen LogP contribution is 2.52. The molecule has 40 heavy (non-hydrogen) atoms. The van der Waals surface area contributed by atoms with Gasteiger partial charge >= 0.3 is 6.01 Å². The fourth-order valence-corrected chi connectivity index (χ4v) is 8.33. The quantitative estimate of drug-likeness (QED) is 0.441. The van der Waals surface area contributed by atoms with E-state index in [1.807, 2.05) is 18.0 Å². The predicted molar refractivity (Wildman–Crippen MR) is 149 cm³/mol. The number of alkyl halides is 1. The Morgan fingerprint density at radius 1 is 1.35 bits per heavy atom. The number of nitriles is 1. The van der Waals surface area contributed by atoms with Crippen molar-refractivity contribution in [2.24, 2.45) is 0 Å². The SMILES string of the molecule is CC(c1ccn[nH]1)N(C)c1nc(OC[C@@]23CCCN2C[C@H](F)C3)nc(N2CC3(CCc4sc(N)c(C#N)c43)C2)n1. The number of aromatic nitrogens is 5. The second kappa shape index (κ2) is 9.27. The molecule has 3 fully saturated rings. The summed E-state index contributed by atoms with van der Waals surface area (Å²) in [6.45, 7) is 5.18. The summed E-state index contributed by atoms with van der Waals surface area (Å²) in [4.78, 5) is 21.9. The number of hydrogen-bond acceptors (Lipinski definition) is 11. The number of halogens is 1. The fourth-order valence-electron chi connectivity index (χ4n) is 7.19. The van der Waals surface area contributed by atoms with E-state index in [0.717, 1.165) is 43.5 Å². The number of fused-ring (bicyclic) bond motifs is 3. The Morgan fingerprint density at radius 2 is 2.20 bits per heavy atom. The molecule has 13 heteroatoms. The number of aromatic amines is 1. The Balaban J connectivity index is 1.17. The van der Waals surface area contributed by atoms with E-state index in [2.05, 4.69) is 33.0 Å². The zero-order valence-corrected chi connectivity index (χ0v) is 23.5. The summed E-state index contributed by atoms with van der Waals surface area (Å²) in [6, 6.07) is 4.45. The van der Waals surface area contributed by atoms with Crippen LogP contribution in [0.25, 0.3) is 0 Å². The predicted octanol–water partition coefficient (Wildman–Crippen LogP) is 2.97. The lowest BCUT2D eigenvalue weighted by atomic mass is 9.74. The van der Waals surface area contributed by atoms with Crippen LogP contribution in [0, 0.1) is 11.3 Å². The molecular formula is C27H33FN10OS. The van der Waals surface area contributed by atoms with Gasteiger partial charge in [-0.05, 0) is 50.8 Å². The monoisotopic (exact) mass is 564 g/mol. The van der Waals surface area contributed by atoms with Gasteiger partial charge in [-0.2, -0.15) is 25.3 Å². The van der Waals surface area contributed by atoms with Crippen molar-refractivity contribution in [1.82, 2.24) is 30.0 Å². The molecule has 0 saturated carbocycles. The molecule has 0 amide bonds. The van der Waals surface area contributed by atoms with Crippen molar-refractivity contribution in [3.63, 3.8) is 0 Å². The van der Waals surface area contributed by atoms with Gasteiger partial charge in [-0.25, -0.2) is 4.39 Å². The van der Waals surface area contributed by atoms with Gasteiger partial charge in [0.15, 0.2) is 0 Å². The number of thiophene rings is 1. The molecule has 0 radical (unpaired) electrons. The maximum atomic E-state index is 14.4. The van der Waals surface area contributed by atoms with Gasteiger partial charge in [-0.3, -0.25) is 10.00 Å². The number of anilines is 3. The van der Waals surface area contributed by atoms with Crippen LogP contribution in [0.3, 0.4) is 0 Å². The third-order valence-corrected chi connectivity index (χ3v) is 10.5. The minimum atomic E-state index is -0.826. The van der Waals surface area contributed by atoms with Crippen LogP contribution in [-0.4, -0.2) is 81.6 Å². The molecule has 6 heterocycles. The topological polar surface area (TPSA) is 136 Å². The molecule has 1 aliphatic carbocycles. The molecule has 1 spiro atoms. The van der Waals surface area contributed by atoms with Gasteiger partial charge in [-0.15, -0.1) is 11.3 Å². The van der Waals surface area contributed by atoms with Gasteiger partial charge in [0.05, 0.1) is 22.8 Å². The first-order chi connectivity index (χ1) is 19.3. The van der Waals surface area contributed by atoms with Crippen molar-refractivity contribution in [3.05, 3.63) is 34.0 Å². The Hall–Kier alpha value is -3.50.